The number of fused-ring (bicyclic) bond motifs is 1. The molecule has 0 unspecified atom stereocenters. The van der Waals surface area contributed by atoms with Crippen molar-refractivity contribution in [2.24, 2.45) is 0 Å². The Morgan fingerprint density at radius 3 is 2.50 bits per heavy atom. The van der Waals surface area contributed by atoms with Gasteiger partial charge in [0.25, 0.3) is 0 Å². The van der Waals surface area contributed by atoms with Crippen LogP contribution in [0.4, 0.5) is 0 Å². The van der Waals surface area contributed by atoms with E-state index >= 15 is 0 Å². The highest BCUT2D eigenvalue weighted by molar-refractivity contribution is 6.02. The van der Waals surface area contributed by atoms with Gasteiger partial charge < -0.3 is 9.52 Å². The molecule has 1 aromatic heterocycles. The molecule has 2 rings (SSSR count). The highest BCUT2D eigenvalue weighted by Crippen LogP contribution is 2.27. The fourth-order valence-electron chi connectivity index (χ4n) is 2.79. The van der Waals surface area contributed by atoms with Crippen molar-refractivity contribution in [3.8, 4) is 5.75 Å². The maximum atomic E-state index is 12.3. The van der Waals surface area contributed by atoms with Gasteiger partial charge in [0, 0.05) is 6.42 Å². The number of benzene rings is 1. The minimum Gasteiger partial charge on any atom is -0.506 e. The van der Waals surface area contributed by atoms with E-state index in [2.05, 4.69) is 6.58 Å². The topological polar surface area (TPSA) is 67.5 Å². The van der Waals surface area contributed by atoms with E-state index in [1.807, 2.05) is 6.08 Å². The molecule has 2 aromatic rings. The third kappa shape index (κ3) is 4.57. The number of carbonyl (C=O) groups is 1. The summed E-state index contributed by atoms with van der Waals surface area (Å²) >= 11 is 0. The van der Waals surface area contributed by atoms with Crippen LogP contribution in [-0.2, 0) is 0 Å². The highest BCUT2D eigenvalue weighted by Gasteiger charge is 2.20. The first kappa shape index (κ1) is 18.0. The fourth-order valence-corrected chi connectivity index (χ4v) is 2.79. The van der Waals surface area contributed by atoms with Gasteiger partial charge in [0.15, 0.2) is 5.78 Å². The van der Waals surface area contributed by atoms with Gasteiger partial charge >= 0.3 is 5.63 Å². The van der Waals surface area contributed by atoms with Crippen molar-refractivity contribution in [2.75, 3.05) is 0 Å². The number of Topliss-reactive ketones (excluding diaryl/α,β-unsaturated/α-hetero) is 1. The van der Waals surface area contributed by atoms with Crippen LogP contribution in [0, 0.1) is 0 Å². The van der Waals surface area contributed by atoms with E-state index in [0.29, 0.717) is 11.8 Å². The first-order valence-electron chi connectivity index (χ1n) is 8.54. The van der Waals surface area contributed by atoms with Gasteiger partial charge in [-0.15, -0.1) is 6.58 Å². The Balaban J connectivity index is 1.90. The molecule has 0 fully saturated rings. The highest BCUT2D eigenvalue weighted by atomic mass is 16.4. The summed E-state index contributed by atoms with van der Waals surface area (Å²) in [4.78, 5) is 24.2. The number of ketones is 1. The molecule has 0 aliphatic heterocycles. The minimum atomic E-state index is -0.763. The summed E-state index contributed by atoms with van der Waals surface area (Å²) in [7, 11) is 0. The second-order valence-corrected chi connectivity index (χ2v) is 5.98. The van der Waals surface area contributed by atoms with Gasteiger partial charge in [-0.3, -0.25) is 4.79 Å². The van der Waals surface area contributed by atoms with Crippen molar-refractivity contribution in [2.45, 2.75) is 51.4 Å². The van der Waals surface area contributed by atoms with E-state index in [1.165, 1.54) is 6.42 Å². The van der Waals surface area contributed by atoms with Crippen LogP contribution in [0.25, 0.3) is 11.0 Å². The lowest BCUT2D eigenvalue weighted by Gasteiger charge is -2.05. The molecule has 128 valence electrons. The lowest BCUT2D eigenvalue weighted by atomic mass is 10.0. The summed E-state index contributed by atoms with van der Waals surface area (Å²) in [5.74, 6) is -0.616. The number of rotatable bonds is 10. The average molecular weight is 328 g/mol. The summed E-state index contributed by atoms with van der Waals surface area (Å²) < 4.78 is 5.13. The van der Waals surface area contributed by atoms with E-state index in [-0.39, 0.29) is 29.1 Å². The molecular formula is C20H24O4. The first-order valence-corrected chi connectivity index (χ1v) is 8.54. The number of carbonyl (C=O) groups excluding carboxylic acids is 1. The SMILES string of the molecule is C=CCCCCCCCCC(=O)c1c(O)c2ccccc2oc1=O. The Morgan fingerprint density at radius 2 is 1.75 bits per heavy atom. The van der Waals surface area contributed by atoms with Crippen LogP contribution >= 0.6 is 0 Å². The Labute approximate surface area is 141 Å². The number of hydrogen-bond donors (Lipinski definition) is 1. The molecule has 24 heavy (non-hydrogen) atoms. The summed E-state index contributed by atoms with van der Waals surface area (Å²) in [6, 6.07) is 6.66. The zero-order valence-electron chi connectivity index (χ0n) is 13.9. The molecule has 0 atom stereocenters. The molecule has 4 heteroatoms. The summed E-state index contributed by atoms with van der Waals surface area (Å²) in [5, 5.41) is 10.6. The largest absolute Gasteiger partial charge is 0.506 e. The van der Waals surface area contributed by atoms with Gasteiger partial charge in [-0.25, -0.2) is 4.79 Å². The zero-order valence-corrected chi connectivity index (χ0v) is 13.9. The van der Waals surface area contributed by atoms with Crippen molar-refractivity contribution < 1.29 is 14.3 Å². The maximum Gasteiger partial charge on any atom is 0.351 e. The van der Waals surface area contributed by atoms with Gasteiger partial charge in [0.1, 0.15) is 16.9 Å². The molecule has 1 heterocycles. The predicted molar refractivity (Wildman–Crippen MR) is 95.6 cm³/mol. The molecule has 1 aromatic carbocycles. The molecule has 4 nitrogen and oxygen atoms in total. The predicted octanol–water partition coefficient (Wildman–Crippen LogP) is 4.99. The monoisotopic (exact) mass is 328 g/mol. The molecule has 0 radical (unpaired) electrons. The molecule has 0 aliphatic rings. The molecular weight excluding hydrogens is 304 g/mol. The Hall–Kier alpha value is -2.36. The smallest absolute Gasteiger partial charge is 0.351 e. The first-order chi connectivity index (χ1) is 11.6. The van der Waals surface area contributed by atoms with Crippen LogP contribution in [-0.4, -0.2) is 10.9 Å². The van der Waals surface area contributed by atoms with Crippen LogP contribution in [0.5, 0.6) is 5.75 Å². The second-order valence-electron chi connectivity index (χ2n) is 5.98. The van der Waals surface area contributed by atoms with Gasteiger partial charge in [-0.2, -0.15) is 0 Å². The maximum absolute atomic E-state index is 12.3. The van der Waals surface area contributed by atoms with Gasteiger partial charge in [-0.1, -0.05) is 43.9 Å². The van der Waals surface area contributed by atoms with Gasteiger partial charge in [-0.05, 0) is 31.4 Å². The van der Waals surface area contributed by atoms with Crippen molar-refractivity contribution >= 4 is 16.8 Å². The molecule has 1 N–H and O–H groups in total. The van der Waals surface area contributed by atoms with E-state index in [4.69, 9.17) is 4.42 Å². The van der Waals surface area contributed by atoms with Crippen LogP contribution in [0.1, 0.15) is 61.7 Å². The van der Waals surface area contributed by atoms with Crippen molar-refractivity contribution in [3.63, 3.8) is 0 Å². The Morgan fingerprint density at radius 1 is 1.08 bits per heavy atom. The summed E-state index contributed by atoms with van der Waals surface area (Å²) in [6.45, 7) is 3.70. The van der Waals surface area contributed by atoms with Crippen molar-refractivity contribution in [3.05, 3.63) is 52.9 Å². The van der Waals surface area contributed by atoms with Crippen molar-refractivity contribution in [1.82, 2.24) is 0 Å². The third-order valence-corrected chi connectivity index (χ3v) is 4.13. The number of allylic oxidation sites excluding steroid dienone is 1. The molecule has 0 aliphatic carbocycles. The van der Waals surface area contributed by atoms with Crippen LogP contribution in [0.2, 0.25) is 0 Å². The van der Waals surface area contributed by atoms with Crippen molar-refractivity contribution in [1.29, 1.82) is 0 Å². The molecule has 0 bridgehead atoms. The van der Waals surface area contributed by atoms with Gasteiger partial charge in [0.2, 0.25) is 0 Å². The van der Waals surface area contributed by atoms with Crippen LogP contribution < -0.4 is 5.63 Å². The lowest BCUT2D eigenvalue weighted by Crippen LogP contribution is -2.14. The minimum absolute atomic E-state index is 0.223. The standard InChI is InChI=1S/C20H24O4/c1-2-3-4-5-6-7-8-9-13-16(21)18-19(22)15-12-10-11-14-17(15)24-20(18)23/h2,10-12,14,22H,1,3-9,13H2. The number of para-hydroxylation sites is 1. The quantitative estimate of drug-likeness (QED) is 0.289. The molecule has 0 spiro atoms. The van der Waals surface area contributed by atoms with Crippen LogP contribution in [0.15, 0.2) is 46.1 Å². The second kappa shape index (κ2) is 9.06. The molecule has 0 saturated heterocycles. The fraction of sp³-hybridized carbons (Fsp3) is 0.400. The van der Waals surface area contributed by atoms with E-state index < -0.39 is 5.63 Å². The summed E-state index contributed by atoms with van der Waals surface area (Å²) in [6.07, 6.45) is 9.45. The van der Waals surface area contributed by atoms with E-state index in [9.17, 15) is 14.7 Å². The van der Waals surface area contributed by atoms with Crippen LogP contribution in [0.3, 0.4) is 0 Å². The Kier molecular flexibility index (Phi) is 6.79. The molecule has 0 amide bonds. The van der Waals surface area contributed by atoms with E-state index in [0.717, 1.165) is 32.1 Å². The zero-order chi connectivity index (χ0) is 17.4. The number of unbranched alkanes of at least 4 members (excludes halogenated alkanes) is 6. The number of hydrogen-bond acceptors (Lipinski definition) is 4. The van der Waals surface area contributed by atoms with E-state index in [1.54, 1.807) is 24.3 Å². The number of aromatic hydroxyl groups is 1. The molecule has 0 saturated carbocycles. The Bertz CT molecular complexity index is 758. The van der Waals surface area contributed by atoms with Gasteiger partial charge in [0.05, 0.1) is 5.39 Å². The normalized spacial score (nSPS) is 10.8. The summed E-state index contributed by atoms with van der Waals surface area (Å²) in [5.41, 5.74) is -0.698. The lowest BCUT2D eigenvalue weighted by molar-refractivity contribution is 0.0973. The average Bonchev–Trinajstić information content (AvgIpc) is 2.57. The third-order valence-electron chi connectivity index (χ3n) is 4.13.